The van der Waals surface area contributed by atoms with Gasteiger partial charge in [-0.05, 0) is 17.5 Å². The van der Waals surface area contributed by atoms with Crippen molar-refractivity contribution < 1.29 is 9.26 Å². The van der Waals surface area contributed by atoms with Crippen LogP contribution in [0.1, 0.15) is 25.3 Å². The van der Waals surface area contributed by atoms with Gasteiger partial charge >= 0.3 is 0 Å². The second-order valence-electron chi connectivity index (χ2n) is 4.14. The van der Waals surface area contributed by atoms with Gasteiger partial charge in [-0.1, -0.05) is 25.1 Å². The summed E-state index contributed by atoms with van der Waals surface area (Å²) in [7, 11) is 0. The van der Waals surface area contributed by atoms with E-state index in [-0.39, 0.29) is 0 Å². The molecule has 0 N–H and O–H groups in total. The fraction of sp³-hybridized carbons (Fsp3) is 0.333. The number of benzene rings is 1. The van der Waals surface area contributed by atoms with Crippen LogP contribution >= 0.6 is 0 Å². The number of hydrogen-bond acceptors (Lipinski definition) is 4. The number of aliphatic imine (C=N–C) groups is 1. The number of rotatable bonds is 1. The van der Waals surface area contributed by atoms with Crippen LogP contribution in [0.4, 0.5) is 5.82 Å². The second kappa shape index (κ2) is 3.33. The first-order valence-electron chi connectivity index (χ1n) is 5.35. The third kappa shape index (κ3) is 1.23. The predicted molar refractivity (Wildman–Crippen MR) is 61.7 cm³/mol. The Hall–Kier alpha value is -1.84. The molecule has 0 saturated carbocycles. The maximum absolute atomic E-state index is 5.72. The van der Waals surface area contributed by atoms with Crippen molar-refractivity contribution in [2.24, 2.45) is 4.99 Å². The minimum atomic E-state index is 0.403. The van der Waals surface area contributed by atoms with Crippen LogP contribution in [0.3, 0.4) is 0 Å². The van der Waals surface area contributed by atoms with Crippen molar-refractivity contribution in [3.05, 3.63) is 17.7 Å². The first-order valence-corrected chi connectivity index (χ1v) is 5.35. The maximum Gasteiger partial charge on any atom is 0.206 e. The Labute approximate surface area is 92.9 Å². The van der Waals surface area contributed by atoms with E-state index in [9.17, 15) is 0 Å². The second-order valence-corrected chi connectivity index (χ2v) is 4.14. The van der Waals surface area contributed by atoms with Crippen LogP contribution in [0.2, 0.25) is 0 Å². The predicted octanol–water partition coefficient (Wildman–Crippen LogP) is 3.05. The Morgan fingerprint density at radius 3 is 3.00 bits per heavy atom. The van der Waals surface area contributed by atoms with Crippen molar-refractivity contribution in [1.29, 1.82) is 0 Å². The molecule has 3 rings (SSSR count). The summed E-state index contributed by atoms with van der Waals surface area (Å²) in [6, 6.07) is 3.96. The minimum Gasteiger partial charge on any atom is -0.487 e. The molecule has 0 unspecified atom stereocenters. The average molecular weight is 216 g/mol. The number of ether oxygens (including phenoxy) is 1. The topological polar surface area (TPSA) is 47.6 Å². The van der Waals surface area contributed by atoms with Crippen LogP contribution in [0.5, 0.6) is 5.75 Å². The molecule has 0 aliphatic carbocycles. The Morgan fingerprint density at radius 1 is 1.31 bits per heavy atom. The molecule has 4 heteroatoms. The molecule has 16 heavy (non-hydrogen) atoms. The van der Waals surface area contributed by atoms with E-state index in [1.807, 2.05) is 12.1 Å². The Morgan fingerprint density at radius 2 is 2.19 bits per heavy atom. The number of aromatic nitrogens is 1. The van der Waals surface area contributed by atoms with Crippen LogP contribution in [-0.4, -0.2) is 18.0 Å². The lowest BCUT2D eigenvalue weighted by atomic mass is 10.00. The quantitative estimate of drug-likeness (QED) is 0.736. The van der Waals surface area contributed by atoms with E-state index in [0.29, 0.717) is 18.3 Å². The van der Waals surface area contributed by atoms with Gasteiger partial charge in [-0.3, -0.25) is 0 Å². The highest BCUT2D eigenvalue weighted by Crippen LogP contribution is 2.40. The van der Waals surface area contributed by atoms with Gasteiger partial charge < -0.3 is 9.26 Å². The molecule has 2 heterocycles. The van der Waals surface area contributed by atoms with E-state index < -0.39 is 0 Å². The van der Waals surface area contributed by atoms with Crippen LogP contribution in [0.15, 0.2) is 21.6 Å². The monoisotopic (exact) mass is 216 g/mol. The highest BCUT2D eigenvalue weighted by Gasteiger charge is 2.20. The van der Waals surface area contributed by atoms with Crippen molar-refractivity contribution in [1.82, 2.24) is 5.16 Å². The van der Waals surface area contributed by atoms with Gasteiger partial charge in [0.1, 0.15) is 17.7 Å². The summed E-state index contributed by atoms with van der Waals surface area (Å²) in [5, 5.41) is 4.82. The van der Waals surface area contributed by atoms with Crippen molar-refractivity contribution in [3.63, 3.8) is 0 Å². The van der Waals surface area contributed by atoms with E-state index >= 15 is 0 Å². The summed E-state index contributed by atoms with van der Waals surface area (Å²) in [6.07, 6.45) is 1.71. The molecule has 1 aliphatic heterocycles. The molecule has 1 aromatic carbocycles. The molecule has 0 amide bonds. The van der Waals surface area contributed by atoms with Crippen molar-refractivity contribution >= 4 is 23.0 Å². The standard InChI is InChI=1S/C12H12N2O2/c1-7(2)8-3-4-9-10-11(8)15-6-5-13-12(10)14-16-9/h3-5,7H,6H2,1-2H3. The Balaban J connectivity index is 2.38. The minimum absolute atomic E-state index is 0.403. The lowest BCUT2D eigenvalue weighted by Gasteiger charge is -2.12. The zero-order valence-electron chi connectivity index (χ0n) is 9.23. The zero-order chi connectivity index (χ0) is 11.1. The normalized spacial score (nSPS) is 14.2. The molecule has 0 bridgehead atoms. The fourth-order valence-electron chi connectivity index (χ4n) is 1.95. The van der Waals surface area contributed by atoms with E-state index in [1.54, 1.807) is 6.21 Å². The van der Waals surface area contributed by atoms with E-state index in [2.05, 4.69) is 24.0 Å². The van der Waals surface area contributed by atoms with Crippen molar-refractivity contribution in [2.75, 3.05) is 6.61 Å². The first-order chi connectivity index (χ1) is 7.77. The molecular weight excluding hydrogens is 204 g/mol. The molecule has 0 saturated heterocycles. The SMILES string of the molecule is CC(C)c1ccc2onc3c2c1OCC=N3. The van der Waals surface area contributed by atoms with Gasteiger partial charge in [0.15, 0.2) is 5.58 Å². The largest absolute Gasteiger partial charge is 0.487 e. The molecular formula is C12H12N2O2. The number of hydrogen-bond donors (Lipinski definition) is 0. The summed E-state index contributed by atoms with van der Waals surface area (Å²) in [5.74, 6) is 1.88. The van der Waals surface area contributed by atoms with Gasteiger partial charge in [0.2, 0.25) is 5.82 Å². The van der Waals surface area contributed by atoms with Crippen LogP contribution in [-0.2, 0) is 0 Å². The van der Waals surface area contributed by atoms with Gasteiger partial charge in [-0.15, -0.1) is 0 Å². The van der Waals surface area contributed by atoms with Crippen LogP contribution < -0.4 is 4.74 Å². The summed E-state index contributed by atoms with van der Waals surface area (Å²) in [4.78, 5) is 4.21. The third-order valence-corrected chi connectivity index (χ3v) is 2.74. The number of nitrogens with zero attached hydrogens (tertiary/aromatic N) is 2. The zero-order valence-corrected chi connectivity index (χ0v) is 9.23. The van der Waals surface area contributed by atoms with Crippen molar-refractivity contribution in [2.45, 2.75) is 19.8 Å². The van der Waals surface area contributed by atoms with Gasteiger partial charge in [-0.2, -0.15) is 0 Å². The van der Waals surface area contributed by atoms with E-state index in [4.69, 9.17) is 9.26 Å². The van der Waals surface area contributed by atoms with Gasteiger partial charge in [0.25, 0.3) is 0 Å². The lowest BCUT2D eigenvalue weighted by molar-refractivity contribution is 0.379. The van der Waals surface area contributed by atoms with Crippen LogP contribution in [0, 0.1) is 0 Å². The summed E-state index contributed by atoms with van der Waals surface area (Å²) < 4.78 is 10.9. The summed E-state index contributed by atoms with van der Waals surface area (Å²) >= 11 is 0. The molecule has 0 fully saturated rings. The first kappa shape index (κ1) is 9.39. The van der Waals surface area contributed by atoms with Gasteiger partial charge in [0.05, 0.1) is 0 Å². The third-order valence-electron chi connectivity index (χ3n) is 2.74. The molecule has 2 aromatic rings. The molecule has 0 spiro atoms. The highest BCUT2D eigenvalue weighted by atomic mass is 16.5. The van der Waals surface area contributed by atoms with Gasteiger partial charge in [0, 0.05) is 6.21 Å². The molecule has 1 aliphatic rings. The van der Waals surface area contributed by atoms with E-state index in [0.717, 1.165) is 16.7 Å². The van der Waals surface area contributed by atoms with Gasteiger partial charge in [-0.25, -0.2) is 4.99 Å². The smallest absolute Gasteiger partial charge is 0.206 e. The van der Waals surface area contributed by atoms with Crippen LogP contribution in [0.25, 0.3) is 11.0 Å². The Bertz CT molecular complexity index is 570. The average Bonchev–Trinajstić information content (AvgIpc) is 2.54. The highest BCUT2D eigenvalue weighted by molar-refractivity contribution is 5.95. The molecule has 1 aromatic heterocycles. The molecule has 82 valence electrons. The molecule has 4 nitrogen and oxygen atoms in total. The Kier molecular flexibility index (Phi) is 1.96. The van der Waals surface area contributed by atoms with Crippen molar-refractivity contribution in [3.8, 4) is 5.75 Å². The molecule has 0 atom stereocenters. The molecule has 0 radical (unpaired) electrons. The fourth-order valence-corrected chi connectivity index (χ4v) is 1.95. The maximum atomic E-state index is 5.72. The van der Waals surface area contributed by atoms with E-state index in [1.165, 1.54) is 5.56 Å². The lowest BCUT2D eigenvalue weighted by Crippen LogP contribution is -2.00. The summed E-state index contributed by atoms with van der Waals surface area (Å²) in [5.41, 5.74) is 1.90. The summed E-state index contributed by atoms with van der Waals surface area (Å²) in [6.45, 7) is 4.76.